The lowest BCUT2D eigenvalue weighted by Gasteiger charge is -2.08. The van der Waals surface area contributed by atoms with Crippen LogP contribution in [0.5, 0.6) is 0 Å². The summed E-state index contributed by atoms with van der Waals surface area (Å²) in [5.41, 5.74) is 1.21. The number of hydrogen-bond acceptors (Lipinski definition) is 4. The highest BCUT2D eigenvalue weighted by atomic mass is 16.2. The Morgan fingerprint density at radius 1 is 1.00 bits per heavy atom. The van der Waals surface area contributed by atoms with Crippen LogP contribution < -0.4 is 5.32 Å². The molecule has 110 valence electrons. The van der Waals surface area contributed by atoms with Crippen molar-refractivity contribution in [2.24, 2.45) is 0 Å². The summed E-state index contributed by atoms with van der Waals surface area (Å²) < 4.78 is 0. The maximum Gasteiger partial charge on any atom is 0.254 e. The monoisotopic (exact) mass is 286 g/mol. The van der Waals surface area contributed by atoms with E-state index in [9.17, 15) is 9.59 Å². The van der Waals surface area contributed by atoms with Gasteiger partial charge in [0, 0.05) is 45.9 Å². The van der Waals surface area contributed by atoms with E-state index < -0.39 is 0 Å². The fourth-order valence-corrected chi connectivity index (χ4v) is 1.39. The predicted molar refractivity (Wildman–Crippen MR) is 79.9 cm³/mol. The highest BCUT2D eigenvalue weighted by Crippen LogP contribution is 1.98. The van der Waals surface area contributed by atoms with Gasteiger partial charge in [-0.1, -0.05) is 0 Å². The summed E-state index contributed by atoms with van der Waals surface area (Å²) in [5.74, 6) is -0.119. The Bertz CT molecular complexity index is 571. The number of rotatable bonds is 2. The summed E-state index contributed by atoms with van der Waals surface area (Å²) in [5, 5.41) is 2.50. The highest BCUT2D eigenvalue weighted by Gasteiger charge is 2.05. The number of nitrogens with one attached hydrogen (secondary N) is 1. The molecule has 0 aliphatic heterocycles. The smallest absolute Gasteiger partial charge is 0.254 e. The van der Waals surface area contributed by atoms with Crippen molar-refractivity contribution in [3.63, 3.8) is 0 Å². The maximum atomic E-state index is 11.2. The van der Waals surface area contributed by atoms with Crippen LogP contribution in [0.3, 0.4) is 0 Å². The molecular weight excluding hydrogens is 268 g/mol. The summed E-state index contributed by atoms with van der Waals surface area (Å²) >= 11 is 0. The summed E-state index contributed by atoms with van der Waals surface area (Å²) in [6.07, 6.45) is 6.36. The van der Waals surface area contributed by atoms with Crippen LogP contribution in [0.25, 0.3) is 0 Å². The molecule has 0 saturated carbocycles. The second-order valence-electron chi connectivity index (χ2n) is 4.26. The lowest BCUT2D eigenvalue weighted by atomic mass is 10.2. The summed E-state index contributed by atoms with van der Waals surface area (Å²) in [6, 6.07) is 6.93. The fraction of sp³-hybridized carbons (Fsp3) is 0.200. The molecule has 6 nitrogen and oxygen atoms in total. The van der Waals surface area contributed by atoms with Crippen LogP contribution in [0.1, 0.15) is 20.7 Å². The van der Waals surface area contributed by atoms with Crippen LogP contribution in [-0.4, -0.2) is 47.8 Å². The van der Waals surface area contributed by atoms with Crippen molar-refractivity contribution in [2.45, 2.75) is 0 Å². The molecule has 0 bridgehead atoms. The predicted octanol–water partition coefficient (Wildman–Crippen LogP) is 1.22. The number of amides is 2. The second kappa shape index (κ2) is 8.42. The van der Waals surface area contributed by atoms with Gasteiger partial charge in [-0.25, -0.2) is 0 Å². The Morgan fingerprint density at radius 2 is 1.52 bits per heavy atom. The van der Waals surface area contributed by atoms with Crippen LogP contribution in [0.15, 0.2) is 49.1 Å². The van der Waals surface area contributed by atoms with Crippen molar-refractivity contribution in [1.29, 1.82) is 0 Å². The molecule has 2 amide bonds. The minimum absolute atomic E-state index is 0.0156. The van der Waals surface area contributed by atoms with Crippen molar-refractivity contribution >= 4 is 11.8 Å². The van der Waals surface area contributed by atoms with Crippen molar-refractivity contribution in [3.8, 4) is 0 Å². The molecule has 0 atom stereocenters. The lowest BCUT2D eigenvalue weighted by molar-refractivity contribution is 0.0827. The summed E-state index contributed by atoms with van der Waals surface area (Å²) in [4.78, 5) is 31.3. The molecule has 0 spiro atoms. The van der Waals surface area contributed by atoms with Crippen molar-refractivity contribution in [2.75, 3.05) is 21.1 Å². The van der Waals surface area contributed by atoms with E-state index in [1.807, 2.05) is 0 Å². The van der Waals surface area contributed by atoms with Gasteiger partial charge in [-0.3, -0.25) is 19.6 Å². The number of carbonyl (C=O) groups excluding carboxylic acids is 2. The van der Waals surface area contributed by atoms with E-state index in [0.717, 1.165) is 0 Å². The van der Waals surface area contributed by atoms with Gasteiger partial charge in [0.1, 0.15) is 0 Å². The molecule has 0 aromatic carbocycles. The van der Waals surface area contributed by atoms with E-state index in [-0.39, 0.29) is 11.8 Å². The third-order valence-electron chi connectivity index (χ3n) is 2.47. The molecule has 2 aromatic rings. The molecule has 0 unspecified atom stereocenters. The average Bonchev–Trinajstić information content (AvgIpc) is 2.55. The van der Waals surface area contributed by atoms with Gasteiger partial charge in [-0.15, -0.1) is 0 Å². The Balaban J connectivity index is 0.000000211. The number of aromatic nitrogens is 2. The molecule has 2 aromatic heterocycles. The second-order valence-corrected chi connectivity index (χ2v) is 4.26. The number of pyridine rings is 2. The first kappa shape index (κ1) is 16.3. The number of hydrogen-bond donors (Lipinski definition) is 1. The van der Waals surface area contributed by atoms with E-state index in [2.05, 4.69) is 15.3 Å². The van der Waals surface area contributed by atoms with Crippen LogP contribution in [0.4, 0.5) is 0 Å². The zero-order valence-corrected chi connectivity index (χ0v) is 12.3. The van der Waals surface area contributed by atoms with Gasteiger partial charge in [0.25, 0.3) is 11.8 Å². The van der Waals surface area contributed by atoms with Crippen molar-refractivity contribution < 1.29 is 9.59 Å². The number of nitrogens with zero attached hydrogens (tertiary/aromatic N) is 3. The minimum Gasteiger partial charge on any atom is -0.355 e. The normalized spacial score (nSPS) is 9.10. The first-order chi connectivity index (χ1) is 10.1. The Hall–Kier alpha value is -2.76. The van der Waals surface area contributed by atoms with E-state index >= 15 is 0 Å². The third-order valence-corrected chi connectivity index (χ3v) is 2.47. The Kier molecular flexibility index (Phi) is 6.53. The molecule has 21 heavy (non-hydrogen) atoms. The molecule has 0 radical (unpaired) electrons. The van der Waals surface area contributed by atoms with Crippen LogP contribution in [0, 0.1) is 0 Å². The van der Waals surface area contributed by atoms with Crippen LogP contribution in [-0.2, 0) is 0 Å². The van der Waals surface area contributed by atoms with Gasteiger partial charge in [-0.2, -0.15) is 0 Å². The van der Waals surface area contributed by atoms with Gasteiger partial charge in [0.15, 0.2) is 0 Å². The van der Waals surface area contributed by atoms with Crippen molar-refractivity contribution in [1.82, 2.24) is 20.2 Å². The van der Waals surface area contributed by atoms with Gasteiger partial charge in [0.2, 0.25) is 0 Å². The Morgan fingerprint density at radius 3 is 1.90 bits per heavy atom. The largest absolute Gasteiger partial charge is 0.355 e. The Labute approximate surface area is 123 Å². The molecule has 0 aliphatic rings. The zero-order valence-electron chi connectivity index (χ0n) is 12.3. The van der Waals surface area contributed by atoms with Gasteiger partial charge >= 0.3 is 0 Å². The number of carbonyl (C=O) groups is 2. The molecule has 2 heterocycles. The molecule has 6 heteroatoms. The zero-order chi connectivity index (χ0) is 15.7. The van der Waals surface area contributed by atoms with Gasteiger partial charge in [-0.05, 0) is 24.3 Å². The SMILES string of the molecule is CN(C)C(=O)c1cccnc1.CNC(=O)c1cccnc1. The minimum atomic E-state index is -0.104. The molecule has 0 saturated heterocycles. The molecular formula is C15H18N4O2. The summed E-state index contributed by atoms with van der Waals surface area (Å²) in [7, 11) is 5.03. The van der Waals surface area contributed by atoms with E-state index in [1.165, 1.54) is 11.1 Å². The third kappa shape index (κ3) is 5.40. The molecule has 0 fully saturated rings. The van der Waals surface area contributed by atoms with E-state index in [1.54, 1.807) is 64.0 Å². The quantitative estimate of drug-likeness (QED) is 0.901. The molecule has 2 rings (SSSR count). The van der Waals surface area contributed by atoms with E-state index in [0.29, 0.717) is 11.1 Å². The van der Waals surface area contributed by atoms with Gasteiger partial charge < -0.3 is 10.2 Å². The first-order valence-electron chi connectivity index (χ1n) is 6.30. The standard InChI is InChI=1S/C8H10N2O.C7H8N2O/c1-10(2)8(11)7-4-3-5-9-6-7;1-8-7(10)6-3-2-4-9-5-6/h3-6H,1-2H3;2-5H,1H3,(H,8,10). The fourth-order valence-electron chi connectivity index (χ4n) is 1.39. The summed E-state index contributed by atoms with van der Waals surface area (Å²) in [6.45, 7) is 0. The van der Waals surface area contributed by atoms with Crippen molar-refractivity contribution in [3.05, 3.63) is 60.2 Å². The van der Waals surface area contributed by atoms with Crippen LogP contribution in [0.2, 0.25) is 0 Å². The average molecular weight is 286 g/mol. The van der Waals surface area contributed by atoms with Crippen LogP contribution >= 0.6 is 0 Å². The highest BCUT2D eigenvalue weighted by molar-refractivity contribution is 5.93. The van der Waals surface area contributed by atoms with E-state index in [4.69, 9.17) is 0 Å². The van der Waals surface area contributed by atoms with Gasteiger partial charge in [0.05, 0.1) is 11.1 Å². The molecule has 0 aliphatic carbocycles. The lowest BCUT2D eigenvalue weighted by Crippen LogP contribution is -2.21. The first-order valence-corrected chi connectivity index (χ1v) is 6.30. The maximum absolute atomic E-state index is 11.2. The topological polar surface area (TPSA) is 75.2 Å². The molecule has 1 N–H and O–H groups in total.